The van der Waals surface area contributed by atoms with Crippen LogP contribution in [0.4, 0.5) is 9.93 Å². The van der Waals surface area contributed by atoms with Gasteiger partial charge in [-0.15, -0.1) is 10.2 Å². The quantitative estimate of drug-likeness (QED) is 0.722. The summed E-state index contributed by atoms with van der Waals surface area (Å²) in [6, 6.07) is 5.99. The summed E-state index contributed by atoms with van der Waals surface area (Å²) in [7, 11) is 0. The normalized spacial score (nSPS) is 19.7. The monoisotopic (exact) mass is 359 g/mol. The maximum atomic E-state index is 12.5. The predicted molar refractivity (Wildman–Crippen MR) is 92.4 cm³/mol. The fourth-order valence-corrected chi connectivity index (χ4v) is 3.15. The van der Waals surface area contributed by atoms with Crippen molar-refractivity contribution in [1.29, 1.82) is 0 Å². The second kappa shape index (κ2) is 6.25. The number of nitrogens with one attached hydrogen (secondary N) is 3. The molecular weight excluding hydrogens is 342 g/mol. The van der Waals surface area contributed by atoms with Crippen molar-refractivity contribution in [1.82, 2.24) is 20.8 Å². The summed E-state index contributed by atoms with van der Waals surface area (Å²) < 4.78 is 0. The molecule has 25 heavy (non-hydrogen) atoms. The molecular formula is C16H17N5O3S. The second-order valence-corrected chi connectivity index (χ2v) is 7.18. The molecule has 4 amide bonds. The number of hydrogen-bond donors (Lipinski definition) is 3. The lowest BCUT2D eigenvalue weighted by Crippen LogP contribution is -2.40. The van der Waals surface area contributed by atoms with E-state index < -0.39 is 17.5 Å². The van der Waals surface area contributed by atoms with Crippen molar-refractivity contribution in [3.05, 3.63) is 40.4 Å². The number of hydrogen-bond acceptors (Lipinski definition) is 6. The summed E-state index contributed by atoms with van der Waals surface area (Å²) in [6.07, 6.45) is 0. The first kappa shape index (κ1) is 17.0. The Labute approximate surface area is 148 Å². The maximum absolute atomic E-state index is 12.5. The molecule has 8 nitrogen and oxygen atoms in total. The zero-order valence-electron chi connectivity index (χ0n) is 13.9. The van der Waals surface area contributed by atoms with Crippen molar-refractivity contribution in [2.45, 2.75) is 32.2 Å². The Morgan fingerprint density at radius 1 is 1.28 bits per heavy atom. The fourth-order valence-electron chi connectivity index (χ4n) is 2.41. The van der Waals surface area contributed by atoms with E-state index in [1.165, 1.54) is 11.3 Å². The number of benzene rings is 1. The Bertz CT molecular complexity index is 863. The number of urea groups is 1. The minimum Gasteiger partial charge on any atom is -0.320 e. The Morgan fingerprint density at radius 2 is 2.04 bits per heavy atom. The first-order valence-electron chi connectivity index (χ1n) is 7.68. The lowest BCUT2D eigenvalue weighted by atomic mass is 9.91. The first-order valence-corrected chi connectivity index (χ1v) is 8.50. The van der Waals surface area contributed by atoms with Gasteiger partial charge in [0.25, 0.3) is 11.8 Å². The molecule has 1 atom stereocenters. The summed E-state index contributed by atoms with van der Waals surface area (Å²) >= 11 is 1.32. The summed E-state index contributed by atoms with van der Waals surface area (Å²) in [5.74, 6) is -0.585. The third kappa shape index (κ3) is 3.22. The van der Waals surface area contributed by atoms with E-state index in [4.69, 9.17) is 0 Å². The van der Waals surface area contributed by atoms with Gasteiger partial charge in [-0.05, 0) is 24.6 Å². The molecule has 0 spiro atoms. The molecule has 0 unspecified atom stereocenters. The van der Waals surface area contributed by atoms with Crippen LogP contribution >= 0.6 is 11.3 Å². The molecule has 1 aromatic carbocycles. The molecule has 1 aliphatic rings. The number of carbonyl (C=O) groups is 3. The summed E-state index contributed by atoms with van der Waals surface area (Å²) in [5, 5.41) is 16.7. The summed E-state index contributed by atoms with van der Waals surface area (Å²) in [5.41, 5.74) is -0.335. The van der Waals surface area contributed by atoms with Crippen LogP contribution in [0.5, 0.6) is 0 Å². The maximum Gasteiger partial charge on any atom is 0.322 e. The van der Waals surface area contributed by atoms with Crippen LogP contribution in [0.2, 0.25) is 0 Å². The highest BCUT2D eigenvalue weighted by Gasteiger charge is 2.43. The molecule has 2 aromatic rings. The van der Waals surface area contributed by atoms with E-state index in [0.717, 1.165) is 5.01 Å². The highest BCUT2D eigenvalue weighted by Crippen LogP contribution is 2.26. The zero-order chi connectivity index (χ0) is 18.2. The number of imide groups is 1. The van der Waals surface area contributed by atoms with Gasteiger partial charge in [-0.2, -0.15) is 0 Å². The van der Waals surface area contributed by atoms with Gasteiger partial charge in [-0.3, -0.25) is 20.2 Å². The van der Waals surface area contributed by atoms with Crippen LogP contribution in [0.3, 0.4) is 0 Å². The number of carbonyl (C=O) groups excluding carboxylic acids is 3. The third-order valence-electron chi connectivity index (χ3n) is 3.90. The highest BCUT2D eigenvalue weighted by atomic mass is 32.1. The Hall–Kier alpha value is -2.81. The smallest absolute Gasteiger partial charge is 0.320 e. The minimum atomic E-state index is -1.21. The molecule has 1 aromatic heterocycles. The van der Waals surface area contributed by atoms with Crippen molar-refractivity contribution in [3.8, 4) is 0 Å². The molecule has 130 valence electrons. The molecule has 2 heterocycles. The average Bonchev–Trinajstić information content (AvgIpc) is 3.13. The molecule has 0 radical (unpaired) electrons. The first-order chi connectivity index (χ1) is 11.8. The minimum absolute atomic E-state index is 0.232. The van der Waals surface area contributed by atoms with Crippen LogP contribution in [-0.2, 0) is 10.3 Å². The third-order valence-corrected chi connectivity index (χ3v) is 5.04. The van der Waals surface area contributed by atoms with Crippen molar-refractivity contribution < 1.29 is 14.4 Å². The van der Waals surface area contributed by atoms with Gasteiger partial charge in [0.15, 0.2) is 0 Å². The van der Waals surface area contributed by atoms with Crippen molar-refractivity contribution in [2.24, 2.45) is 0 Å². The second-order valence-electron chi connectivity index (χ2n) is 6.17. The van der Waals surface area contributed by atoms with Crippen molar-refractivity contribution >= 4 is 34.3 Å². The van der Waals surface area contributed by atoms with E-state index >= 15 is 0 Å². The van der Waals surface area contributed by atoms with Crippen LogP contribution < -0.4 is 16.0 Å². The van der Waals surface area contributed by atoms with Crippen LogP contribution in [0, 0.1) is 0 Å². The molecule has 0 bridgehead atoms. The van der Waals surface area contributed by atoms with E-state index in [0.29, 0.717) is 16.3 Å². The topological polar surface area (TPSA) is 113 Å². The Kier molecular flexibility index (Phi) is 4.25. The molecule has 9 heteroatoms. The van der Waals surface area contributed by atoms with Gasteiger partial charge in [0.2, 0.25) is 5.13 Å². The van der Waals surface area contributed by atoms with E-state index in [-0.39, 0.29) is 11.8 Å². The van der Waals surface area contributed by atoms with E-state index in [1.54, 1.807) is 31.2 Å². The standard InChI is InChI=1S/C16H17N5O3S/c1-8(2)12-20-21-15(25-12)17-11(22)9-5-4-6-10(7-9)16(3)13(23)18-14(24)19-16/h4-8H,1-3H3,(H,17,21,22)(H2,18,19,23,24)/t16-/m0/s1. The molecule has 3 rings (SSSR count). The lowest BCUT2D eigenvalue weighted by Gasteiger charge is -2.21. The van der Waals surface area contributed by atoms with Gasteiger partial charge in [-0.25, -0.2) is 4.79 Å². The van der Waals surface area contributed by atoms with Crippen LogP contribution in [0.1, 0.15) is 47.6 Å². The van der Waals surface area contributed by atoms with Crippen molar-refractivity contribution in [2.75, 3.05) is 5.32 Å². The lowest BCUT2D eigenvalue weighted by molar-refractivity contribution is -0.123. The highest BCUT2D eigenvalue weighted by molar-refractivity contribution is 7.15. The van der Waals surface area contributed by atoms with Gasteiger partial charge >= 0.3 is 6.03 Å². The Balaban J connectivity index is 1.82. The van der Waals surface area contributed by atoms with Crippen LogP contribution in [-0.4, -0.2) is 28.0 Å². The van der Waals surface area contributed by atoms with E-state index in [9.17, 15) is 14.4 Å². The van der Waals surface area contributed by atoms with Gasteiger partial charge in [0, 0.05) is 11.5 Å². The van der Waals surface area contributed by atoms with Gasteiger partial charge < -0.3 is 5.32 Å². The summed E-state index contributed by atoms with van der Waals surface area (Å²) in [4.78, 5) is 35.9. The van der Waals surface area contributed by atoms with Crippen molar-refractivity contribution in [3.63, 3.8) is 0 Å². The molecule has 1 fully saturated rings. The van der Waals surface area contributed by atoms with Crippen LogP contribution in [0.25, 0.3) is 0 Å². The van der Waals surface area contributed by atoms with Gasteiger partial charge in [0.05, 0.1) is 0 Å². The molecule has 3 N–H and O–H groups in total. The van der Waals surface area contributed by atoms with Gasteiger partial charge in [-0.1, -0.05) is 37.3 Å². The molecule has 0 aliphatic carbocycles. The predicted octanol–water partition coefficient (Wildman–Crippen LogP) is 1.97. The van der Waals surface area contributed by atoms with E-state index in [1.807, 2.05) is 13.8 Å². The Morgan fingerprint density at radius 3 is 2.64 bits per heavy atom. The number of aromatic nitrogens is 2. The zero-order valence-corrected chi connectivity index (χ0v) is 14.7. The molecule has 0 saturated carbocycles. The number of anilines is 1. The average molecular weight is 359 g/mol. The molecule has 1 aliphatic heterocycles. The fraction of sp³-hybridized carbons (Fsp3) is 0.312. The largest absolute Gasteiger partial charge is 0.322 e. The number of rotatable bonds is 4. The number of amides is 4. The van der Waals surface area contributed by atoms with E-state index in [2.05, 4.69) is 26.1 Å². The SMILES string of the molecule is CC(C)c1nnc(NC(=O)c2cccc([C@]3(C)NC(=O)NC3=O)c2)s1. The van der Waals surface area contributed by atoms with Crippen LogP contribution in [0.15, 0.2) is 24.3 Å². The molecule has 1 saturated heterocycles. The summed E-state index contributed by atoms with van der Waals surface area (Å²) in [6.45, 7) is 5.58. The van der Waals surface area contributed by atoms with Gasteiger partial charge in [0.1, 0.15) is 10.5 Å². The number of nitrogens with zero attached hydrogens (tertiary/aromatic N) is 2.